The molecule has 0 aromatic carbocycles. The standard InChI is InChI=1S/C22H26O2S/c1-15-7-3-11-19(21(15)17-9-5-13-23-17)25-20-12-4-8-16(2)22(20)18-10-6-14-24-18/h3-4,7-8,11-12,17-18,21-22H,1-2,5-6,9-10,13-14H2. The number of allylic oxidation sites excluding steroid dienone is 6. The molecule has 0 amide bonds. The van der Waals surface area contributed by atoms with Gasteiger partial charge in [0.15, 0.2) is 0 Å². The predicted octanol–water partition coefficient (Wildman–Crippen LogP) is 5.33. The molecular weight excluding hydrogens is 328 g/mol. The summed E-state index contributed by atoms with van der Waals surface area (Å²) in [6, 6.07) is 0. The van der Waals surface area contributed by atoms with Crippen molar-refractivity contribution in [2.24, 2.45) is 11.8 Å². The van der Waals surface area contributed by atoms with Crippen molar-refractivity contribution in [1.82, 2.24) is 0 Å². The maximum absolute atomic E-state index is 6.01. The van der Waals surface area contributed by atoms with E-state index in [0.29, 0.717) is 0 Å². The average molecular weight is 355 g/mol. The van der Waals surface area contributed by atoms with Gasteiger partial charge in [0, 0.05) is 25.0 Å². The molecule has 4 atom stereocenters. The van der Waals surface area contributed by atoms with Gasteiger partial charge in [-0.15, -0.1) is 0 Å². The van der Waals surface area contributed by atoms with Gasteiger partial charge in [0.2, 0.25) is 0 Å². The maximum Gasteiger partial charge on any atom is 0.0690 e. The molecule has 2 nitrogen and oxygen atoms in total. The van der Waals surface area contributed by atoms with Crippen LogP contribution in [0.4, 0.5) is 0 Å². The van der Waals surface area contributed by atoms with E-state index in [2.05, 4.69) is 49.6 Å². The summed E-state index contributed by atoms with van der Waals surface area (Å²) >= 11 is 1.88. The van der Waals surface area contributed by atoms with Gasteiger partial charge in [-0.05, 0) is 46.6 Å². The lowest BCUT2D eigenvalue weighted by Crippen LogP contribution is -2.26. The third kappa shape index (κ3) is 3.51. The van der Waals surface area contributed by atoms with Crippen LogP contribution in [-0.4, -0.2) is 25.4 Å². The molecule has 2 aliphatic carbocycles. The molecule has 4 unspecified atom stereocenters. The molecule has 2 saturated heterocycles. The molecule has 25 heavy (non-hydrogen) atoms. The van der Waals surface area contributed by atoms with Crippen LogP contribution in [0.3, 0.4) is 0 Å². The van der Waals surface area contributed by atoms with Gasteiger partial charge in [0.25, 0.3) is 0 Å². The summed E-state index contributed by atoms with van der Waals surface area (Å²) in [7, 11) is 0. The van der Waals surface area contributed by atoms with Crippen molar-refractivity contribution in [3.63, 3.8) is 0 Å². The van der Waals surface area contributed by atoms with E-state index in [1.54, 1.807) is 0 Å². The molecule has 2 heterocycles. The first-order valence-corrected chi connectivity index (χ1v) is 10.1. The van der Waals surface area contributed by atoms with E-state index in [4.69, 9.17) is 9.47 Å². The molecule has 2 fully saturated rings. The van der Waals surface area contributed by atoms with Gasteiger partial charge >= 0.3 is 0 Å². The molecule has 132 valence electrons. The van der Waals surface area contributed by atoms with Gasteiger partial charge in [0.1, 0.15) is 0 Å². The number of hydrogen-bond donors (Lipinski definition) is 0. The first-order chi connectivity index (χ1) is 12.2. The molecular formula is C22H26O2S. The summed E-state index contributed by atoms with van der Waals surface area (Å²) in [5.41, 5.74) is 2.33. The van der Waals surface area contributed by atoms with Gasteiger partial charge in [-0.2, -0.15) is 0 Å². The van der Waals surface area contributed by atoms with E-state index < -0.39 is 0 Å². The van der Waals surface area contributed by atoms with Crippen LogP contribution in [0.2, 0.25) is 0 Å². The van der Waals surface area contributed by atoms with E-state index in [-0.39, 0.29) is 24.0 Å². The van der Waals surface area contributed by atoms with E-state index >= 15 is 0 Å². The quantitative estimate of drug-likeness (QED) is 0.680. The molecule has 2 aliphatic heterocycles. The number of hydrogen-bond acceptors (Lipinski definition) is 3. The van der Waals surface area contributed by atoms with E-state index in [1.807, 2.05) is 11.8 Å². The Balaban J connectivity index is 1.57. The maximum atomic E-state index is 6.01. The molecule has 0 aromatic rings. The molecule has 0 saturated carbocycles. The molecule has 0 aromatic heterocycles. The van der Waals surface area contributed by atoms with Crippen molar-refractivity contribution in [2.75, 3.05) is 13.2 Å². The predicted molar refractivity (Wildman–Crippen MR) is 105 cm³/mol. The molecule has 4 aliphatic rings. The van der Waals surface area contributed by atoms with Gasteiger partial charge in [-0.1, -0.05) is 61.4 Å². The smallest absolute Gasteiger partial charge is 0.0690 e. The Morgan fingerprint density at radius 3 is 1.68 bits per heavy atom. The van der Waals surface area contributed by atoms with Crippen LogP contribution >= 0.6 is 11.8 Å². The van der Waals surface area contributed by atoms with Crippen LogP contribution in [0.15, 0.2) is 70.6 Å². The Morgan fingerprint density at radius 2 is 1.28 bits per heavy atom. The second kappa shape index (κ2) is 7.53. The summed E-state index contributed by atoms with van der Waals surface area (Å²) in [6.07, 6.45) is 18.0. The van der Waals surface area contributed by atoms with Crippen molar-refractivity contribution >= 4 is 11.8 Å². The normalized spacial score (nSPS) is 35.2. The zero-order valence-corrected chi connectivity index (χ0v) is 15.5. The summed E-state index contributed by atoms with van der Waals surface area (Å²) in [5, 5.41) is 0. The topological polar surface area (TPSA) is 18.5 Å². The van der Waals surface area contributed by atoms with Crippen molar-refractivity contribution in [3.05, 3.63) is 70.6 Å². The Morgan fingerprint density at radius 1 is 0.800 bits per heavy atom. The van der Waals surface area contributed by atoms with Crippen molar-refractivity contribution < 1.29 is 9.47 Å². The van der Waals surface area contributed by atoms with Crippen LogP contribution in [0.25, 0.3) is 0 Å². The van der Waals surface area contributed by atoms with E-state index in [1.165, 1.54) is 9.81 Å². The van der Waals surface area contributed by atoms with Gasteiger partial charge in [-0.3, -0.25) is 0 Å². The number of ether oxygens (including phenoxy) is 2. The summed E-state index contributed by atoms with van der Waals surface area (Å²) in [6.45, 7) is 10.3. The lowest BCUT2D eigenvalue weighted by molar-refractivity contribution is 0.0883. The Labute approximate surface area is 155 Å². The Kier molecular flexibility index (Phi) is 5.16. The SMILES string of the molecule is C=C1C=CC=C(SC2=CC=CC(=C)C2C2CCCO2)C1C1CCCO1. The molecule has 0 spiro atoms. The largest absolute Gasteiger partial charge is 0.377 e. The lowest BCUT2D eigenvalue weighted by Gasteiger charge is -2.32. The molecule has 4 rings (SSSR count). The molecule has 3 heteroatoms. The first kappa shape index (κ1) is 17.1. The highest BCUT2D eigenvalue weighted by Gasteiger charge is 2.36. The van der Waals surface area contributed by atoms with E-state index in [0.717, 1.165) is 50.0 Å². The molecule has 0 N–H and O–H groups in total. The average Bonchev–Trinajstić information content (AvgIpc) is 3.29. The minimum absolute atomic E-state index is 0.264. The van der Waals surface area contributed by atoms with Crippen molar-refractivity contribution in [1.29, 1.82) is 0 Å². The highest BCUT2D eigenvalue weighted by atomic mass is 32.2. The minimum Gasteiger partial charge on any atom is -0.377 e. The number of rotatable bonds is 4. The fourth-order valence-electron chi connectivity index (χ4n) is 4.22. The van der Waals surface area contributed by atoms with Gasteiger partial charge in [0.05, 0.1) is 12.2 Å². The van der Waals surface area contributed by atoms with Crippen LogP contribution in [-0.2, 0) is 9.47 Å². The van der Waals surface area contributed by atoms with Crippen LogP contribution in [0.1, 0.15) is 25.7 Å². The second-order valence-electron chi connectivity index (χ2n) is 7.17. The van der Waals surface area contributed by atoms with Crippen molar-refractivity contribution in [2.45, 2.75) is 37.9 Å². The summed E-state index contributed by atoms with van der Waals surface area (Å²) in [5.74, 6) is 0.561. The Hall–Kier alpha value is -1.29. The Bertz CT molecular complexity index is 612. The monoisotopic (exact) mass is 354 g/mol. The van der Waals surface area contributed by atoms with Gasteiger partial charge in [-0.25, -0.2) is 0 Å². The highest BCUT2D eigenvalue weighted by molar-refractivity contribution is 8.06. The van der Waals surface area contributed by atoms with E-state index in [9.17, 15) is 0 Å². The third-order valence-electron chi connectivity index (χ3n) is 5.46. The summed E-state index contributed by atoms with van der Waals surface area (Å²) < 4.78 is 12.0. The molecule has 0 radical (unpaired) electrons. The van der Waals surface area contributed by atoms with Crippen LogP contribution in [0.5, 0.6) is 0 Å². The first-order valence-electron chi connectivity index (χ1n) is 9.29. The van der Waals surface area contributed by atoms with Gasteiger partial charge < -0.3 is 9.47 Å². The fourth-order valence-corrected chi connectivity index (χ4v) is 5.64. The zero-order valence-electron chi connectivity index (χ0n) is 14.7. The van der Waals surface area contributed by atoms with Crippen LogP contribution in [0, 0.1) is 11.8 Å². The fraction of sp³-hybridized carbons (Fsp3) is 0.455. The minimum atomic E-state index is 0.264. The van der Waals surface area contributed by atoms with Crippen molar-refractivity contribution in [3.8, 4) is 0 Å². The zero-order chi connectivity index (χ0) is 17.2. The second-order valence-corrected chi connectivity index (χ2v) is 8.31. The lowest BCUT2D eigenvalue weighted by atomic mass is 9.88. The van der Waals surface area contributed by atoms with Crippen LogP contribution < -0.4 is 0 Å². The highest BCUT2D eigenvalue weighted by Crippen LogP contribution is 2.47. The number of thioether (sulfide) groups is 1. The third-order valence-corrected chi connectivity index (χ3v) is 6.71. The summed E-state index contributed by atoms with van der Waals surface area (Å²) in [4.78, 5) is 2.69. The molecule has 0 bridgehead atoms.